The van der Waals surface area contributed by atoms with Crippen LogP contribution in [0.1, 0.15) is 25.3 Å². The summed E-state index contributed by atoms with van der Waals surface area (Å²) >= 11 is 1.41. The molecule has 1 aliphatic rings. The van der Waals surface area contributed by atoms with Gasteiger partial charge in [-0.2, -0.15) is 0 Å². The van der Waals surface area contributed by atoms with E-state index in [9.17, 15) is 18.0 Å². The zero-order chi connectivity index (χ0) is 21.2. The second-order valence-electron chi connectivity index (χ2n) is 6.80. The molecule has 3 rings (SSSR count). The molecule has 2 aromatic carbocycles. The molecule has 29 heavy (non-hydrogen) atoms. The molecule has 1 heterocycles. The summed E-state index contributed by atoms with van der Waals surface area (Å²) < 4.78 is 28.3. The molecule has 0 aromatic heterocycles. The van der Waals surface area contributed by atoms with Crippen LogP contribution in [0, 0.1) is 6.92 Å². The van der Waals surface area contributed by atoms with Crippen molar-refractivity contribution < 1.29 is 18.0 Å². The molecule has 1 fully saturated rings. The van der Waals surface area contributed by atoms with E-state index in [2.05, 4.69) is 10.0 Å². The Balaban J connectivity index is 1.86. The second-order valence-corrected chi connectivity index (χ2v) is 9.33. The zero-order valence-electron chi connectivity index (χ0n) is 16.5. The van der Waals surface area contributed by atoms with E-state index in [1.807, 2.05) is 13.2 Å². The highest BCUT2D eigenvalue weighted by Gasteiger charge is 2.23. The van der Waals surface area contributed by atoms with Crippen LogP contribution in [0.3, 0.4) is 0 Å². The average Bonchev–Trinajstić information content (AvgIpc) is 3.06. The van der Waals surface area contributed by atoms with Gasteiger partial charge < -0.3 is 10.2 Å². The van der Waals surface area contributed by atoms with Gasteiger partial charge in [0.1, 0.15) is 0 Å². The zero-order valence-corrected chi connectivity index (χ0v) is 18.1. The quantitative estimate of drug-likeness (QED) is 0.679. The summed E-state index contributed by atoms with van der Waals surface area (Å²) in [5.41, 5.74) is 2.48. The Labute approximate surface area is 174 Å². The third-order valence-electron chi connectivity index (χ3n) is 4.61. The molecule has 0 spiro atoms. The van der Waals surface area contributed by atoms with Gasteiger partial charge in [0.25, 0.3) is 10.0 Å². The molecule has 0 saturated carbocycles. The number of thioether (sulfide) groups is 1. The Bertz CT molecular complexity index is 1070. The molecule has 154 valence electrons. The number of amides is 2. The van der Waals surface area contributed by atoms with E-state index in [-0.39, 0.29) is 16.7 Å². The predicted octanol–water partition coefficient (Wildman–Crippen LogP) is 3.60. The lowest BCUT2D eigenvalue weighted by Gasteiger charge is -2.19. The van der Waals surface area contributed by atoms with Crippen LogP contribution >= 0.6 is 11.8 Å². The molecule has 1 saturated heterocycles. The van der Waals surface area contributed by atoms with Gasteiger partial charge >= 0.3 is 0 Å². The van der Waals surface area contributed by atoms with E-state index in [4.69, 9.17) is 0 Å². The molecule has 9 heteroatoms. The summed E-state index contributed by atoms with van der Waals surface area (Å²) in [6, 6.07) is 9.73. The monoisotopic (exact) mass is 433 g/mol. The topological polar surface area (TPSA) is 95.6 Å². The summed E-state index contributed by atoms with van der Waals surface area (Å²) in [6.45, 7) is 3.90. The maximum absolute atomic E-state index is 12.8. The summed E-state index contributed by atoms with van der Waals surface area (Å²) in [5.74, 6) is -0.189. The van der Waals surface area contributed by atoms with Crippen molar-refractivity contribution in [2.75, 3.05) is 27.7 Å². The third-order valence-corrected chi connectivity index (χ3v) is 6.78. The number of hydrogen-bond donors (Lipinski definition) is 2. The standard InChI is InChI=1S/C20H23N3O4S2/c1-13-11-15(6-8-18(13)23-10-4-5-20(23)25)22-29(26,27)16-7-9-19(28-3)17(12-16)21-14(2)24/h6-9,11-12,22H,4-5,10H2,1-3H3,(H,21,24). The van der Waals surface area contributed by atoms with Crippen LogP contribution in [0.25, 0.3) is 0 Å². The molecule has 1 aliphatic heterocycles. The van der Waals surface area contributed by atoms with Gasteiger partial charge in [-0.25, -0.2) is 8.42 Å². The first-order chi connectivity index (χ1) is 13.7. The highest BCUT2D eigenvalue weighted by atomic mass is 32.2. The SMILES string of the molecule is CSc1ccc(S(=O)(=O)Nc2ccc(N3CCCC3=O)c(C)c2)cc1NC(C)=O. The molecule has 0 unspecified atom stereocenters. The van der Waals surface area contributed by atoms with Crippen LogP contribution in [0.5, 0.6) is 0 Å². The van der Waals surface area contributed by atoms with Crippen LogP contribution in [-0.2, 0) is 19.6 Å². The number of aryl methyl sites for hydroxylation is 1. The number of rotatable bonds is 6. The molecule has 2 aromatic rings. The van der Waals surface area contributed by atoms with Crippen molar-refractivity contribution in [3.63, 3.8) is 0 Å². The number of nitrogens with one attached hydrogen (secondary N) is 2. The van der Waals surface area contributed by atoms with Crippen LogP contribution in [-0.4, -0.2) is 33.0 Å². The Morgan fingerprint density at radius 2 is 1.93 bits per heavy atom. The molecule has 7 nitrogen and oxygen atoms in total. The minimum Gasteiger partial charge on any atom is -0.325 e. The lowest BCUT2D eigenvalue weighted by atomic mass is 10.1. The maximum Gasteiger partial charge on any atom is 0.261 e. The van der Waals surface area contributed by atoms with Crippen molar-refractivity contribution in [3.8, 4) is 0 Å². The summed E-state index contributed by atoms with van der Waals surface area (Å²) in [7, 11) is -3.85. The Hall–Kier alpha value is -2.52. The van der Waals surface area contributed by atoms with Gasteiger partial charge in [-0.15, -0.1) is 11.8 Å². The van der Waals surface area contributed by atoms with E-state index >= 15 is 0 Å². The van der Waals surface area contributed by atoms with Gasteiger partial charge in [-0.3, -0.25) is 14.3 Å². The average molecular weight is 434 g/mol. The lowest BCUT2D eigenvalue weighted by Crippen LogP contribution is -2.24. The molecule has 0 atom stereocenters. The van der Waals surface area contributed by atoms with Crippen molar-refractivity contribution >= 4 is 50.7 Å². The van der Waals surface area contributed by atoms with E-state index < -0.39 is 10.0 Å². The van der Waals surface area contributed by atoms with Gasteiger partial charge in [-0.05, 0) is 61.6 Å². The van der Waals surface area contributed by atoms with Crippen LogP contribution < -0.4 is 14.9 Å². The van der Waals surface area contributed by atoms with Crippen molar-refractivity contribution in [1.82, 2.24) is 0 Å². The van der Waals surface area contributed by atoms with Crippen LogP contribution in [0.4, 0.5) is 17.1 Å². The van der Waals surface area contributed by atoms with Crippen molar-refractivity contribution in [2.24, 2.45) is 0 Å². The van der Waals surface area contributed by atoms with Crippen molar-refractivity contribution in [3.05, 3.63) is 42.0 Å². The number of carbonyl (C=O) groups excluding carboxylic acids is 2. The van der Waals surface area contributed by atoms with E-state index in [1.165, 1.54) is 30.8 Å². The second kappa shape index (κ2) is 8.46. The number of benzene rings is 2. The Morgan fingerprint density at radius 3 is 2.52 bits per heavy atom. The fourth-order valence-electron chi connectivity index (χ4n) is 3.28. The normalized spacial score (nSPS) is 14.2. The minimum absolute atomic E-state index is 0.0514. The molecule has 2 amide bonds. The van der Waals surface area contributed by atoms with E-state index in [0.29, 0.717) is 24.3 Å². The summed E-state index contributed by atoms with van der Waals surface area (Å²) in [6.07, 6.45) is 3.22. The smallest absolute Gasteiger partial charge is 0.261 e. The number of carbonyl (C=O) groups is 2. The molecule has 2 N–H and O–H groups in total. The van der Waals surface area contributed by atoms with Gasteiger partial charge in [0.15, 0.2) is 0 Å². The Morgan fingerprint density at radius 1 is 1.17 bits per heavy atom. The first kappa shape index (κ1) is 21.2. The third kappa shape index (κ3) is 4.73. The highest BCUT2D eigenvalue weighted by Crippen LogP contribution is 2.31. The minimum atomic E-state index is -3.85. The molecule has 0 radical (unpaired) electrons. The van der Waals surface area contributed by atoms with Gasteiger partial charge in [0.05, 0.1) is 10.6 Å². The largest absolute Gasteiger partial charge is 0.325 e. The number of nitrogens with zero attached hydrogens (tertiary/aromatic N) is 1. The lowest BCUT2D eigenvalue weighted by molar-refractivity contribution is -0.117. The van der Waals surface area contributed by atoms with Gasteiger partial charge in [0.2, 0.25) is 11.8 Å². The molecular formula is C20H23N3O4S2. The van der Waals surface area contributed by atoms with Crippen LogP contribution in [0.15, 0.2) is 46.2 Å². The predicted molar refractivity (Wildman–Crippen MR) is 116 cm³/mol. The first-order valence-corrected chi connectivity index (χ1v) is 11.8. The molecule has 0 aliphatic carbocycles. The highest BCUT2D eigenvalue weighted by molar-refractivity contribution is 7.98. The van der Waals surface area contributed by atoms with Crippen molar-refractivity contribution in [2.45, 2.75) is 36.5 Å². The van der Waals surface area contributed by atoms with E-state index in [0.717, 1.165) is 22.6 Å². The molecular weight excluding hydrogens is 410 g/mol. The van der Waals surface area contributed by atoms with Gasteiger partial charge in [0, 0.05) is 36.2 Å². The fraction of sp³-hybridized carbons (Fsp3) is 0.300. The first-order valence-electron chi connectivity index (χ1n) is 9.11. The summed E-state index contributed by atoms with van der Waals surface area (Å²) in [5, 5.41) is 2.66. The number of anilines is 3. The van der Waals surface area contributed by atoms with Crippen molar-refractivity contribution in [1.29, 1.82) is 0 Å². The van der Waals surface area contributed by atoms with Gasteiger partial charge in [-0.1, -0.05) is 0 Å². The Kier molecular flexibility index (Phi) is 6.18. The summed E-state index contributed by atoms with van der Waals surface area (Å²) in [4.78, 5) is 25.9. The number of sulfonamides is 1. The fourth-order valence-corrected chi connectivity index (χ4v) is 4.89. The van der Waals surface area contributed by atoms with E-state index in [1.54, 1.807) is 29.2 Å². The number of hydrogen-bond acceptors (Lipinski definition) is 5. The molecule has 0 bridgehead atoms. The van der Waals surface area contributed by atoms with Crippen LogP contribution in [0.2, 0.25) is 0 Å². The maximum atomic E-state index is 12.8.